The Balaban J connectivity index is 0.948. The number of carbonyl (C=O) groups is 1. The van der Waals surface area contributed by atoms with Crippen molar-refractivity contribution in [3.63, 3.8) is 0 Å². The summed E-state index contributed by atoms with van der Waals surface area (Å²) in [6.07, 6.45) is -15.3. The van der Waals surface area contributed by atoms with Gasteiger partial charge in [0.05, 0.1) is 46.4 Å². The number of aryl methyl sites for hydroxylation is 1. The van der Waals surface area contributed by atoms with Crippen LogP contribution in [-0.4, -0.2) is 169 Å². The number of hydrogen-bond acceptors (Lipinski definition) is 29. The molecule has 1 amide bonds. The maximum absolute atomic E-state index is 13.5. The van der Waals surface area contributed by atoms with E-state index in [0.29, 0.717) is 4.57 Å². The first kappa shape index (κ1) is 57.9. The Bertz CT molecular complexity index is 3390. The molecule has 16 atom stereocenters. The smallest absolute Gasteiger partial charge is 0.490 e. The molecule has 3 aliphatic rings. The fraction of sp³-hybridized carbons (Fsp3) is 0.559. The molecule has 39 nitrogen and oxygen atoms in total. The molecule has 0 saturated carbocycles. The third-order valence-electron chi connectivity index (χ3n) is 11.8. The predicted molar refractivity (Wildman–Crippen MR) is 243 cm³/mol. The minimum absolute atomic E-state index is 0.0213. The maximum atomic E-state index is 13.5. The van der Waals surface area contributed by atoms with Crippen LogP contribution in [0.1, 0.15) is 18.7 Å². The van der Waals surface area contributed by atoms with E-state index in [0.717, 1.165) is 43.7 Å². The molecule has 3 aliphatic heterocycles. The van der Waals surface area contributed by atoms with Gasteiger partial charge in [0.15, 0.2) is 23.9 Å². The second kappa shape index (κ2) is 22.4. The van der Waals surface area contributed by atoms with Gasteiger partial charge in [0, 0.05) is 31.8 Å². The Kier molecular flexibility index (Phi) is 16.9. The van der Waals surface area contributed by atoms with Crippen molar-refractivity contribution in [3.8, 4) is 0 Å². The van der Waals surface area contributed by atoms with Crippen molar-refractivity contribution in [1.82, 2.24) is 48.9 Å². The Morgan fingerprint density at radius 1 is 0.805 bits per heavy atom. The lowest BCUT2D eigenvalue weighted by Crippen LogP contribution is -2.39. The molecule has 3 fully saturated rings. The highest BCUT2D eigenvalue weighted by atomic mass is 31.3. The van der Waals surface area contributed by atoms with Crippen molar-refractivity contribution in [1.29, 1.82) is 0 Å². The summed E-state index contributed by atoms with van der Waals surface area (Å²) in [5, 5.41) is 34.9. The van der Waals surface area contributed by atoms with Crippen LogP contribution in [0.3, 0.4) is 0 Å². The second-order valence-corrected chi connectivity index (χ2v) is 22.7. The molecule has 0 bridgehead atoms. The fourth-order valence-corrected chi connectivity index (χ4v) is 12.9. The molecular weight excluding hydrogens is 1130 g/mol. The van der Waals surface area contributed by atoms with E-state index in [9.17, 15) is 72.3 Å². The van der Waals surface area contributed by atoms with Crippen molar-refractivity contribution in [2.75, 3.05) is 52.1 Å². The molecule has 5 aromatic heterocycles. The van der Waals surface area contributed by atoms with Crippen LogP contribution in [0.2, 0.25) is 0 Å². The number of hydrogen-bond donors (Lipinski definition) is 11. The van der Waals surface area contributed by atoms with E-state index in [1.807, 2.05) is 4.98 Å². The van der Waals surface area contributed by atoms with Crippen LogP contribution in [0, 0.1) is 5.92 Å². The van der Waals surface area contributed by atoms with Crippen LogP contribution in [0.4, 0.5) is 16.6 Å². The number of rotatable bonds is 21. The number of aliphatic hydroxyl groups is 3. The number of ether oxygens (including phenoxy) is 5. The first-order valence-electron chi connectivity index (χ1n) is 21.8. The summed E-state index contributed by atoms with van der Waals surface area (Å²) in [6.45, 7) is -3.94. The van der Waals surface area contributed by atoms with Crippen LogP contribution >= 0.6 is 31.3 Å². The number of amides is 1. The van der Waals surface area contributed by atoms with Gasteiger partial charge in [-0.3, -0.25) is 42.3 Å². The molecule has 0 aliphatic carbocycles. The van der Waals surface area contributed by atoms with Crippen molar-refractivity contribution < 1.29 is 113 Å². The van der Waals surface area contributed by atoms with Gasteiger partial charge < -0.3 is 84.4 Å². The number of carbonyl (C=O) groups excluding carboxylic acids is 1. The molecule has 3 saturated heterocycles. The van der Waals surface area contributed by atoms with Crippen LogP contribution in [0.15, 0.2) is 45.6 Å². The number of phosphoric acid groups is 4. The summed E-state index contributed by atoms with van der Waals surface area (Å²) in [7, 11) is -20.3. The van der Waals surface area contributed by atoms with E-state index < -0.39 is 154 Å². The number of fused-ring (bicyclic) bond motifs is 2. The largest absolute Gasteiger partial charge is 0.756 e. The zero-order chi connectivity index (χ0) is 56.1. The van der Waals surface area contributed by atoms with Gasteiger partial charge in [0.25, 0.3) is 24.5 Å². The molecule has 8 heterocycles. The molecule has 77 heavy (non-hydrogen) atoms. The highest BCUT2D eigenvalue weighted by Gasteiger charge is 2.53. The number of nitrogens with two attached hydrogens (primary N) is 2. The van der Waals surface area contributed by atoms with E-state index in [1.165, 1.54) is 22.5 Å². The van der Waals surface area contributed by atoms with Gasteiger partial charge in [0.2, 0.25) is 18.5 Å². The number of H-pyrrole nitrogens is 2. The lowest BCUT2D eigenvalue weighted by Gasteiger charge is -2.31. The highest BCUT2D eigenvalue weighted by Crippen LogP contribution is 2.68. The summed E-state index contributed by atoms with van der Waals surface area (Å²) in [6, 6.07) is 0.908. The minimum atomic E-state index is -6.25. The van der Waals surface area contributed by atoms with E-state index in [-0.39, 0.29) is 34.1 Å². The Labute approximate surface area is 427 Å². The molecule has 13 N–H and O–H groups in total. The number of methoxy groups -OCH3 is 2. The standard InChI is InChI=1S/C34H47N13O26P4/c1-44-12-47(27-19(44)28(52)43-32(36)42-27)29-20(49)13(6-37-34(54)64-3)14(68-29)7-66-75(57,58)72-77(61,62)73-76(59,60)67-9-16-23(24(63-2)31(70-16)46-11-40-18-25(35)38-10-39-26(18)46)71-74(55,56)65-8-15-21(50)22(51)30(69-15)45-5-4-17(48)41-33(45)53/h4-5,10-16,20-24,29-31,49-51H,6-9H2,1-3H3,(H10-,35,36,37,38,39,41,42,43,48,52,53,54,55,56,57,58,59,60,61,62)/t13-,14-,15-,16-,20-,21-,22-,23-,24-,29-,30-,31-/m1/s1. The summed E-state index contributed by atoms with van der Waals surface area (Å²) < 4.78 is 113. The number of nitrogen functional groups attached to an aromatic ring is 2. The monoisotopic (exact) mass is 1180 g/mol. The zero-order valence-electron chi connectivity index (χ0n) is 39.5. The van der Waals surface area contributed by atoms with Gasteiger partial charge in [0.1, 0.15) is 54.6 Å². The molecule has 0 radical (unpaired) electrons. The van der Waals surface area contributed by atoms with Crippen molar-refractivity contribution in [3.05, 3.63) is 62.4 Å². The molecule has 4 unspecified atom stereocenters. The Morgan fingerprint density at radius 3 is 2.10 bits per heavy atom. The van der Waals surface area contributed by atoms with Crippen molar-refractivity contribution in [2.45, 2.75) is 67.5 Å². The number of aromatic nitrogens is 10. The molecule has 0 spiro atoms. The average molecular weight is 1180 g/mol. The maximum Gasteiger partial charge on any atom is 0.490 e. The summed E-state index contributed by atoms with van der Waals surface area (Å²) >= 11 is 0. The van der Waals surface area contributed by atoms with Gasteiger partial charge in [-0.2, -0.15) is 18.2 Å². The van der Waals surface area contributed by atoms with E-state index >= 15 is 0 Å². The normalized spacial score (nSPS) is 29.7. The topological polar surface area (TPSA) is 548 Å². The van der Waals surface area contributed by atoms with Gasteiger partial charge in [-0.1, -0.05) is 0 Å². The molecule has 8 rings (SSSR count). The number of alkyl carbamates (subject to hydrolysis) is 1. The highest BCUT2D eigenvalue weighted by molar-refractivity contribution is 7.66. The molecule has 424 valence electrons. The van der Waals surface area contributed by atoms with Gasteiger partial charge >= 0.3 is 40.8 Å². The molecule has 43 heteroatoms. The lowest BCUT2D eigenvalue weighted by molar-refractivity contribution is -0.646. The summed E-state index contributed by atoms with van der Waals surface area (Å²) in [5.41, 5.74) is 9.01. The van der Waals surface area contributed by atoms with E-state index in [2.05, 4.69) is 43.6 Å². The predicted octanol–water partition coefficient (Wildman–Crippen LogP) is -4.90. The van der Waals surface area contributed by atoms with Crippen LogP contribution in [-0.2, 0) is 75.7 Å². The number of aliphatic hydroxyl groups excluding tert-OH is 3. The number of phosphoric ester groups is 3. The van der Waals surface area contributed by atoms with Crippen LogP contribution in [0.5, 0.6) is 0 Å². The van der Waals surface area contributed by atoms with Gasteiger partial charge in [-0.25, -0.2) is 42.8 Å². The third-order valence-corrected chi connectivity index (χ3v) is 17.0. The second-order valence-electron chi connectivity index (χ2n) is 16.7. The third kappa shape index (κ3) is 12.6. The minimum Gasteiger partial charge on any atom is -0.756 e. The SMILES string of the molecule is COC(=O)NC[C@H]1[C@@H](O)[C@H](n2c[n+](C)c3c(=O)[nH]c(N)nc32)O[C@@H]1COP(=O)(O)OP(=O)(O)OP(=O)(O)OC[C@H]1O[C@@H](n2cnc3c(N)ncnc32)[C@H](OC)[C@@H]1OP(=O)([O-])OC[C@H]1O[C@@H](n2ccc(=O)[nH]c2=O)[C@H](O)[C@@H]1O. The first-order valence-corrected chi connectivity index (χ1v) is 27.8. The molecule has 0 aromatic carbocycles. The average Bonchev–Trinajstić information content (AvgIpc) is 4.19. The Hall–Kier alpha value is -5.31. The van der Waals surface area contributed by atoms with Crippen LogP contribution < -0.4 is 43.1 Å². The molecular formula is C34H47N13O26P4. The van der Waals surface area contributed by atoms with Crippen molar-refractivity contribution in [2.24, 2.45) is 13.0 Å². The van der Waals surface area contributed by atoms with E-state index in [1.54, 1.807) is 0 Å². The first-order chi connectivity index (χ1) is 36.1. The number of imidazole rings is 2. The fourth-order valence-electron chi connectivity index (χ4n) is 8.39. The van der Waals surface area contributed by atoms with Crippen LogP contribution in [0.25, 0.3) is 22.3 Å². The van der Waals surface area contributed by atoms with Gasteiger partial charge in [-0.15, -0.1) is 0 Å². The van der Waals surface area contributed by atoms with Gasteiger partial charge in [-0.05, 0) is 0 Å². The Morgan fingerprint density at radius 2 is 1.44 bits per heavy atom. The number of nitrogens with one attached hydrogen (secondary N) is 3. The summed E-state index contributed by atoms with van der Waals surface area (Å²) in [4.78, 5) is 114. The van der Waals surface area contributed by atoms with Crippen molar-refractivity contribution >= 4 is 71.5 Å². The number of nitrogens with zero attached hydrogens (tertiary/aromatic N) is 8. The molecule has 5 aromatic rings. The summed E-state index contributed by atoms with van der Waals surface area (Å²) in [5.74, 6) is -1.67. The zero-order valence-corrected chi connectivity index (χ0v) is 43.1. The quantitative estimate of drug-likeness (QED) is 0.0242. The number of aromatic amines is 2. The van der Waals surface area contributed by atoms with E-state index in [4.69, 9.17) is 48.5 Å². The lowest BCUT2D eigenvalue weighted by atomic mass is 9.98. The number of anilines is 2.